The molecule has 0 aromatic heterocycles. The molecule has 1 aromatic rings. The molecule has 24 heavy (non-hydrogen) atoms. The lowest BCUT2D eigenvalue weighted by Crippen LogP contribution is -2.50. The van der Waals surface area contributed by atoms with Crippen molar-refractivity contribution in [3.05, 3.63) is 29.8 Å². The number of cyclic esters (lactones) is 1. The quantitative estimate of drug-likeness (QED) is 0.793. The summed E-state index contributed by atoms with van der Waals surface area (Å²) in [5.74, 6) is -1.05. The Morgan fingerprint density at radius 3 is 2.62 bits per heavy atom. The average Bonchev–Trinajstić information content (AvgIpc) is 2.57. The van der Waals surface area contributed by atoms with Gasteiger partial charge in [0.1, 0.15) is 12.6 Å². The van der Waals surface area contributed by atoms with Gasteiger partial charge in [0.2, 0.25) is 5.91 Å². The standard InChI is InChI=1S/C17H22N2O5/c1-3-19-9-10-24-17(22)14(19)11-15(20)18-13-7-5-12(6-8-13)16(21)23-4-2/h5-8,14H,3-4,9-11H2,1-2H3,(H,18,20)/t14-/m0/s1. The number of amides is 1. The van der Waals surface area contributed by atoms with E-state index in [4.69, 9.17) is 9.47 Å². The lowest BCUT2D eigenvalue weighted by molar-refractivity contribution is -0.158. The van der Waals surface area contributed by atoms with Gasteiger partial charge in [-0.3, -0.25) is 14.5 Å². The summed E-state index contributed by atoms with van der Waals surface area (Å²) < 4.78 is 9.93. The number of nitrogens with zero attached hydrogens (tertiary/aromatic N) is 1. The summed E-state index contributed by atoms with van der Waals surface area (Å²) in [7, 11) is 0. The third-order valence-electron chi connectivity index (χ3n) is 3.80. The van der Waals surface area contributed by atoms with Crippen LogP contribution in [0.25, 0.3) is 0 Å². The van der Waals surface area contributed by atoms with E-state index < -0.39 is 12.0 Å². The van der Waals surface area contributed by atoms with Crippen molar-refractivity contribution in [3.63, 3.8) is 0 Å². The molecule has 7 heteroatoms. The largest absolute Gasteiger partial charge is 0.463 e. The molecule has 1 aliphatic heterocycles. The highest BCUT2D eigenvalue weighted by Crippen LogP contribution is 2.15. The van der Waals surface area contributed by atoms with E-state index >= 15 is 0 Å². The number of anilines is 1. The summed E-state index contributed by atoms with van der Waals surface area (Å²) in [5.41, 5.74) is 0.975. The van der Waals surface area contributed by atoms with Gasteiger partial charge < -0.3 is 14.8 Å². The van der Waals surface area contributed by atoms with Gasteiger partial charge in [-0.25, -0.2) is 4.79 Å². The molecule has 1 N–H and O–H groups in total. The first kappa shape index (κ1) is 17.9. The SMILES string of the molecule is CCOC(=O)c1ccc(NC(=O)C[C@H]2C(=O)OCCN2CC)cc1. The zero-order valence-electron chi connectivity index (χ0n) is 13.9. The molecule has 130 valence electrons. The fourth-order valence-corrected chi connectivity index (χ4v) is 2.55. The number of hydrogen-bond acceptors (Lipinski definition) is 6. The van der Waals surface area contributed by atoms with Crippen molar-refractivity contribution in [1.82, 2.24) is 4.90 Å². The van der Waals surface area contributed by atoms with Crippen molar-refractivity contribution in [3.8, 4) is 0 Å². The Hall–Kier alpha value is -2.41. The number of esters is 2. The molecule has 1 aliphatic rings. The minimum Gasteiger partial charge on any atom is -0.463 e. The Morgan fingerprint density at radius 2 is 2.00 bits per heavy atom. The maximum absolute atomic E-state index is 12.2. The average molecular weight is 334 g/mol. The van der Waals surface area contributed by atoms with Crippen LogP contribution in [0.4, 0.5) is 5.69 Å². The van der Waals surface area contributed by atoms with Crippen molar-refractivity contribution in [1.29, 1.82) is 0 Å². The normalized spacial score (nSPS) is 17.9. The number of nitrogens with one attached hydrogen (secondary N) is 1. The molecule has 1 fully saturated rings. The topological polar surface area (TPSA) is 84.9 Å². The molecular formula is C17H22N2O5. The predicted octanol–water partition coefficient (Wildman–Crippen LogP) is 1.44. The highest BCUT2D eigenvalue weighted by molar-refractivity contribution is 5.95. The molecule has 2 rings (SSSR count). The van der Waals surface area contributed by atoms with Gasteiger partial charge in [0.25, 0.3) is 0 Å². The molecule has 1 atom stereocenters. The summed E-state index contributed by atoms with van der Waals surface area (Å²) in [4.78, 5) is 37.5. The van der Waals surface area contributed by atoms with E-state index in [1.807, 2.05) is 11.8 Å². The van der Waals surface area contributed by atoms with Crippen LogP contribution in [0.3, 0.4) is 0 Å². The fourth-order valence-electron chi connectivity index (χ4n) is 2.55. The van der Waals surface area contributed by atoms with Crippen LogP contribution in [0.1, 0.15) is 30.6 Å². The van der Waals surface area contributed by atoms with Gasteiger partial charge in [-0.2, -0.15) is 0 Å². The number of rotatable bonds is 6. The predicted molar refractivity (Wildman–Crippen MR) is 87.6 cm³/mol. The maximum Gasteiger partial charge on any atom is 0.338 e. The van der Waals surface area contributed by atoms with E-state index in [-0.39, 0.29) is 18.3 Å². The summed E-state index contributed by atoms with van der Waals surface area (Å²) in [6.45, 7) is 5.67. The summed E-state index contributed by atoms with van der Waals surface area (Å²) in [5, 5.41) is 2.73. The maximum atomic E-state index is 12.2. The first-order valence-electron chi connectivity index (χ1n) is 8.02. The van der Waals surface area contributed by atoms with Crippen LogP contribution in [0.15, 0.2) is 24.3 Å². The highest BCUT2D eigenvalue weighted by Gasteiger charge is 2.32. The molecule has 1 saturated heterocycles. The van der Waals surface area contributed by atoms with Gasteiger partial charge in [0.05, 0.1) is 18.6 Å². The van der Waals surface area contributed by atoms with Crippen molar-refractivity contribution < 1.29 is 23.9 Å². The summed E-state index contributed by atoms with van der Waals surface area (Å²) in [6.07, 6.45) is 0.0340. The molecule has 0 spiro atoms. The van der Waals surface area contributed by atoms with E-state index in [0.717, 1.165) is 0 Å². The van der Waals surface area contributed by atoms with Crippen LogP contribution < -0.4 is 5.32 Å². The van der Waals surface area contributed by atoms with Gasteiger partial charge in [0, 0.05) is 12.2 Å². The minimum absolute atomic E-state index is 0.0340. The number of carbonyl (C=O) groups excluding carboxylic acids is 3. The van der Waals surface area contributed by atoms with Gasteiger partial charge in [-0.15, -0.1) is 0 Å². The first-order valence-corrected chi connectivity index (χ1v) is 8.02. The van der Waals surface area contributed by atoms with Gasteiger partial charge in [-0.05, 0) is 37.7 Å². The molecular weight excluding hydrogens is 312 g/mol. The van der Waals surface area contributed by atoms with Crippen molar-refractivity contribution in [2.24, 2.45) is 0 Å². The second kappa shape index (κ2) is 8.44. The van der Waals surface area contributed by atoms with E-state index in [1.54, 1.807) is 31.2 Å². The Morgan fingerprint density at radius 1 is 1.29 bits per heavy atom. The van der Waals surface area contributed by atoms with Crippen LogP contribution in [-0.2, 0) is 19.1 Å². The van der Waals surface area contributed by atoms with E-state index in [0.29, 0.717) is 37.6 Å². The second-order valence-electron chi connectivity index (χ2n) is 5.36. The Bertz CT molecular complexity index is 600. The van der Waals surface area contributed by atoms with E-state index in [9.17, 15) is 14.4 Å². The Balaban J connectivity index is 1.94. The van der Waals surface area contributed by atoms with Crippen LogP contribution >= 0.6 is 0 Å². The van der Waals surface area contributed by atoms with Gasteiger partial charge in [-0.1, -0.05) is 6.92 Å². The number of hydrogen-bond donors (Lipinski definition) is 1. The minimum atomic E-state index is -0.553. The number of likely N-dealkylation sites (N-methyl/N-ethyl adjacent to an activating group) is 1. The van der Waals surface area contributed by atoms with Crippen molar-refractivity contribution in [2.45, 2.75) is 26.3 Å². The molecule has 0 saturated carbocycles. The second-order valence-corrected chi connectivity index (χ2v) is 5.36. The smallest absolute Gasteiger partial charge is 0.338 e. The molecule has 1 aromatic carbocycles. The van der Waals surface area contributed by atoms with Crippen LogP contribution in [-0.4, -0.2) is 55.1 Å². The molecule has 1 heterocycles. The molecule has 0 unspecified atom stereocenters. The zero-order chi connectivity index (χ0) is 17.5. The van der Waals surface area contributed by atoms with Crippen LogP contribution in [0.2, 0.25) is 0 Å². The number of carbonyl (C=O) groups is 3. The van der Waals surface area contributed by atoms with Gasteiger partial charge in [0.15, 0.2) is 0 Å². The molecule has 0 bridgehead atoms. The highest BCUT2D eigenvalue weighted by atomic mass is 16.5. The molecule has 1 amide bonds. The van der Waals surface area contributed by atoms with Crippen LogP contribution in [0.5, 0.6) is 0 Å². The number of benzene rings is 1. The summed E-state index contributed by atoms with van der Waals surface area (Å²) >= 11 is 0. The molecule has 0 radical (unpaired) electrons. The third kappa shape index (κ3) is 4.55. The lowest BCUT2D eigenvalue weighted by Gasteiger charge is -2.32. The van der Waals surface area contributed by atoms with E-state index in [1.165, 1.54) is 0 Å². The Labute approximate surface area is 140 Å². The monoisotopic (exact) mass is 334 g/mol. The third-order valence-corrected chi connectivity index (χ3v) is 3.80. The summed E-state index contributed by atoms with van der Waals surface area (Å²) in [6, 6.07) is 5.87. The van der Waals surface area contributed by atoms with Crippen molar-refractivity contribution >= 4 is 23.5 Å². The van der Waals surface area contributed by atoms with Crippen LogP contribution in [0, 0.1) is 0 Å². The number of morpholine rings is 1. The fraction of sp³-hybridized carbons (Fsp3) is 0.471. The van der Waals surface area contributed by atoms with Crippen molar-refractivity contribution in [2.75, 3.05) is 31.6 Å². The zero-order valence-corrected chi connectivity index (χ0v) is 13.9. The van der Waals surface area contributed by atoms with Gasteiger partial charge >= 0.3 is 11.9 Å². The molecule has 0 aliphatic carbocycles. The Kier molecular flexibility index (Phi) is 6.31. The molecule has 7 nitrogen and oxygen atoms in total. The first-order chi connectivity index (χ1) is 11.5. The van der Waals surface area contributed by atoms with E-state index in [2.05, 4.69) is 5.32 Å². The number of ether oxygens (including phenoxy) is 2. The lowest BCUT2D eigenvalue weighted by atomic mass is 10.1.